The monoisotopic (exact) mass is 878 g/mol. The molecule has 14 rings (SSSR count). The summed E-state index contributed by atoms with van der Waals surface area (Å²) in [4.78, 5) is 0. The first-order valence-electron chi connectivity index (χ1n) is 23.7. The summed E-state index contributed by atoms with van der Waals surface area (Å²) in [5.41, 5.74) is 20.1. The molecule has 0 saturated heterocycles. The number of hydrogen-bond donors (Lipinski definition) is 0. The van der Waals surface area contributed by atoms with Crippen LogP contribution in [-0.4, -0.2) is 9.13 Å². The number of nitrogens with zero attached hydrogens (tertiary/aromatic N) is 2. The molecule has 0 radical (unpaired) electrons. The molecule has 0 unspecified atom stereocenters. The summed E-state index contributed by atoms with van der Waals surface area (Å²) in [7, 11) is 0. The molecule has 69 heavy (non-hydrogen) atoms. The van der Waals surface area contributed by atoms with Crippen LogP contribution in [0.25, 0.3) is 133 Å². The van der Waals surface area contributed by atoms with Crippen molar-refractivity contribution in [3.63, 3.8) is 0 Å². The summed E-state index contributed by atoms with van der Waals surface area (Å²) >= 11 is 0. The quantitative estimate of drug-likeness (QED) is 0.156. The van der Waals surface area contributed by atoms with E-state index < -0.39 is 0 Å². The van der Waals surface area contributed by atoms with Gasteiger partial charge in [0.1, 0.15) is 11.2 Å². The van der Waals surface area contributed by atoms with E-state index in [9.17, 15) is 0 Å². The SMILES string of the molecule is c1ccc(-c2ccccc2-c2ccc3c(c2)c2cc(-c4ccccc4-c4ccccc4)ccc2n3-c2cccc(-n3c4ccccc4c4ccccc43)c2-c2cccc3c2oc2ccccc23)cc1. The highest BCUT2D eigenvalue weighted by molar-refractivity contribution is 6.16. The van der Waals surface area contributed by atoms with Crippen LogP contribution in [0.2, 0.25) is 0 Å². The van der Waals surface area contributed by atoms with Crippen LogP contribution < -0.4 is 0 Å². The van der Waals surface area contributed by atoms with Crippen LogP contribution in [0.5, 0.6) is 0 Å². The number of aromatic nitrogens is 2. The first kappa shape index (κ1) is 39.0. The molecule has 0 spiro atoms. The lowest BCUT2D eigenvalue weighted by Crippen LogP contribution is -2.04. The van der Waals surface area contributed by atoms with Crippen LogP contribution in [0, 0.1) is 0 Å². The Morgan fingerprint density at radius 3 is 1.17 bits per heavy atom. The molecule has 14 aromatic rings. The van der Waals surface area contributed by atoms with E-state index in [1.54, 1.807) is 0 Å². The Labute approximate surface area is 399 Å². The minimum atomic E-state index is 0.869. The van der Waals surface area contributed by atoms with Gasteiger partial charge in [-0.1, -0.05) is 200 Å². The Bertz CT molecular complexity index is 4110. The van der Waals surface area contributed by atoms with Crippen molar-refractivity contribution in [2.45, 2.75) is 0 Å². The van der Waals surface area contributed by atoms with Crippen molar-refractivity contribution in [1.29, 1.82) is 0 Å². The van der Waals surface area contributed by atoms with E-state index in [-0.39, 0.29) is 0 Å². The van der Waals surface area contributed by atoms with Gasteiger partial charge in [0.2, 0.25) is 0 Å². The third-order valence-corrected chi connectivity index (χ3v) is 14.2. The smallest absolute Gasteiger partial charge is 0.143 e. The summed E-state index contributed by atoms with van der Waals surface area (Å²) in [6.07, 6.45) is 0. The third-order valence-electron chi connectivity index (χ3n) is 14.2. The van der Waals surface area contributed by atoms with E-state index in [0.717, 1.165) is 66.5 Å². The van der Waals surface area contributed by atoms with Gasteiger partial charge >= 0.3 is 0 Å². The van der Waals surface area contributed by atoms with Crippen LogP contribution in [0.15, 0.2) is 259 Å². The van der Waals surface area contributed by atoms with Crippen LogP contribution in [0.4, 0.5) is 0 Å². The minimum Gasteiger partial charge on any atom is -0.455 e. The Balaban J connectivity index is 1.10. The number of fused-ring (bicyclic) bond motifs is 9. The van der Waals surface area contributed by atoms with Crippen molar-refractivity contribution in [2.75, 3.05) is 0 Å². The molecule has 3 aromatic heterocycles. The van der Waals surface area contributed by atoms with Gasteiger partial charge in [0.05, 0.1) is 33.4 Å². The highest BCUT2D eigenvalue weighted by Crippen LogP contribution is 2.47. The van der Waals surface area contributed by atoms with Gasteiger partial charge < -0.3 is 13.6 Å². The second-order valence-corrected chi connectivity index (χ2v) is 17.9. The minimum absolute atomic E-state index is 0.869. The standard InChI is InChI=1S/C66H42N2O/c1-3-19-43(20-4-1)47-23-7-9-25-49(47)45-37-39-60-56(41-45)57-42-46(50-26-10-8-24-48(50)44-21-5-2-6-22-44)38-40-61(57)68(60)63-35-18-34-62(67-58-32-14-11-27-51(58)52-28-12-15-33-59(52)67)65(63)55-31-17-30-54-53-29-13-16-36-64(53)69-66(54)55/h1-42H. The zero-order valence-corrected chi connectivity index (χ0v) is 37.6. The Hall–Kier alpha value is -9.18. The number of hydrogen-bond acceptors (Lipinski definition) is 1. The number of para-hydroxylation sites is 4. The predicted octanol–water partition coefficient (Wildman–Crippen LogP) is 18.1. The molecule has 322 valence electrons. The second-order valence-electron chi connectivity index (χ2n) is 17.9. The predicted molar refractivity (Wildman–Crippen MR) is 290 cm³/mol. The zero-order chi connectivity index (χ0) is 45.4. The van der Waals surface area contributed by atoms with Crippen LogP contribution in [-0.2, 0) is 0 Å². The molecular weight excluding hydrogens is 837 g/mol. The van der Waals surface area contributed by atoms with E-state index in [0.29, 0.717) is 0 Å². The zero-order valence-electron chi connectivity index (χ0n) is 37.6. The van der Waals surface area contributed by atoms with Crippen molar-refractivity contribution in [1.82, 2.24) is 9.13 Å². The van der Waals surface area contributed by atoms with Crippen molar-refractivity contribution < 1.29 is 4.42 Å². The normalized spacial score (nSPS) is 11.8. The van der Waals surface area contributed by atoms with Crippen LogP contribution in [0.1, 0.15) is 0 Å². The highest BCUT2D eigenvalue weighted by Gasteiger charge is 2.25. The fraction of sp³-hybridized carbons (Fsp3) is 0. The van der Waals surface area contributed by atoms with Gasteiger partial charge in [-0.15, -0.1) is 0 Å². The Kier molecular flexibility index (Phi) is 8.90. The van der Waals surface area contributed by atoms with Crippen LogP contribution >= 0.6 is 0 Å². The molecule has 0 N–H and O–H groups in total. The highest BCUT2D eigenvalue weighted by atomic mass is 16.3. The molecule has 0 atom stereocenters. The average Bonchev–Trinajstić information content (AvgIpc) is 4.09. The molecule has 3 heterocycles. The lowest BCUT2D eigenvalue weighted by molar-refractivity contribution is 0.670. The van der Waals surface area contributed by atoms with E-state index in [1.807, 2.05) is 0 Å². The van der Waals surface area contributed by atoms with Crippen molar-refractivity contribution in [2.24, 2.45) is 0 Å². The summed E-state index contributed by atoms with van der Waals surface area (Å²) in [5.74, 6) is 0. The van der Waals surface area contributed by atoms with Gasteiger partial charge in [0, 0.05) is 43.4 Å². The van der Waals surface area contributed by atoms with Gasteiger partial charge in [-0.2, -0.15) is 0 Å². The van der Waals surface area contributed by atoms with Gasteiger partial charge in [-0.25, -0.2) is 0 Å². The second kappa shape index (κ2) is 15.7. The molecule has 3 heteroatoms. The summed E-state index contributed by atoms with van der Waals surface area (Å²) < 4.78 is 11.9. The van der Waals surface area contributed by atoms with Crippen LogP contribution in [0.3, 0.4) is 0 Å². The molecule has 0 fully saturated rings. The van der Waals surface area contributed by atoms with E-state index >= 15 is 0 Å². The third kappa shape index (κ3) is 6.14. The number of benzene rings is 11. The van der Waals surface area contributed by atoms with Gasteiger partial charge in [-0.05, 0) is 99.1 Å². The van der Waals surface area contributed by atoms with E-state index in [1.165, 1.54) is 66.1 Å². The lowest BCUT2D eigenvalue weighted by atomic mass is 9.92. The molecule has 11 aromatic carbocycles. The summed E-state index contributed by atoms with van der Waals surface area (Å²) in [6.45, 7) is 0. The molecule has 0 aliphatic heterocycles. The molecule has 0 aliphatic carbocycles. The molecule has 0 bridgehead atoms. The van der Waals surface area contributed by atoms with Crippen molar-refractivity contribution in [3.8, 4) is 67.0 Å². The number of rotatable bonds is 7. The van der Waals surface area contributed by atoms with Gasteiger partial charge in [0.25, 0.3) is 0 Å². The topological polar surface area (TPSA) is 23.0 Å². The molecule has 0 saturated carbocycles. The van der Waals surface area contributed by atoms with Crippen molar-refractivity contribution >= 4 is 65.6 Å². The first-order valence-corrected chi connectivity index (χ1v) is 23.7. The Morgan fingerprint density at radius 1 is 0.246 bits per heavy atom. The number of furan rings is 1. The largest absolute Gasteiger partial charge is 0.455 e. The maximum Gasteiger partial charge on any atom is 0.143 e. The van der Waals surface area contributed by atoms with Crippen molar-refractivity contribution in [3.05, 3.63) is 255 Å². The summed E-state index contributed by atoms with van der Waals surface area (Å²) in [5, 5.41) is 6.99. The van der Waals surface area contributed by atoms with E-state index in [2.05, 4.69) is 264 Å². The molecule has 3 nitrogen and oxygen atoms in total. The maximum atomic E-state index is 6.94. The summed E-state index contributed by atoms with van der Waals surface area (Å²) in [6, 6.07) is 92.5. The average molecular weight is 879 g/mol. The van der Waals surface area contributed by atoms with Gasteiger partial charge in [-0.3, -0.25) is 0 Å². The molecular formula is C66H42N2O. The molecule has 0 aliphatic rings. The maximum absolute atomic E-state index is 6.94. The Morgan fingerprint density at radius 2 is 0.638 bits per heavy atom. The lowest BCUT2D eigenvalue weighted by Gasteiger charge is -2.20. The first-order chi connectivity index (χ1) is 34.3. The molecule has 0 amide bonds. The van der Waals surface area contributed by atoms with E-state index in [4.69, 9.17) is 4.42 Å². The fourth-order valence-electron chi connectivity index (χ4n) is 11.1. The fourth-order valence-corrected chi connectivity index (χ4v) is 11.1. The van der Waals surface area contributed by atoms with Gasteiger partial charge in [0.15, 0.2) is 0 Å².